The molecule has 0 fully saturated rings. The van der Waals surface area contributed by atoms with Gasteiger partial charge in [-0.1, -0.05) is 0 Å². The van der Waals surface area contributed by atoms with Crippen LogP contribution in [0.3, 0.4) is 0 Å². The maximum Gasteiger partial charge on any atom is 0.211 e. The summed E-state index contributed by atoms with van der Waals surface area (Å²) in [7, 11) is -3.09. The maximum atomic E-state index is 10.9. The van der Waals surface area contributed by atoms with Crippen molar-refractivity contribution in [3.8, 4) is 12.3 Å². The number of hydrogen-bond donors (Lipinski definition) is 1. The molecule has 4 heteroatoms. The fourth-order valence-electron chi connectivity index (χ4n) is 0.608. The summed E-state index contributed by atoms with van der Waals surface area (Å²) in [6.45, 7) is 3.33. The van der Waals surface area contributed by atoms with Gasteiger partial charge >= 0.3 is 0 Å². The standard InChI is InChI=1S/C7H13NO2S/c1-4-6-7(3)8-11(9,10)5-2/h1,7-8H,5-6H2,2-3H3. The van der Waals surface area contributed by atoms with E-state index in [2.05, 4.69) is 10.6 Å². The van der Waals surface area contributed by atoms with Crippen LogP contribution >= 0.6 is 0 Å². The average molecular weight is 175 g/mol. The van der Waals surface area contributed by atoms with Gasteiger partial charge in [-0.05, 0) is 13.8 Å². The second-order valence-corrected chi connectivity index (χ2v) is 4.37. The summed E-state index contributed by atoms with van der Waals surface area (Å²) in [6, 6.07) is -0.162. The molecule has 0 aromatic rings. The van der Waals surface area contributed by atoms with Crippen molar-refractivity contribution in [2.24, 2.45) is 0 Å². The van der Waals surface area contributed by atoms with Gasteiger partial charge in [-0.15, -0.1) is 12.3 Å². The molecule has 1 N–H and O–H groups in total. The predicted octanol–water partition coefficient (Wildman–Crippen LogP) is 0.337. The first-order chi connectivity index (χ1) is 5.02. The van der Waals surface area contributed by atoms with Crippen molar-refractivity contribution in [1.29, 1.82) is 0 Å². The number of sulfonamides is 1. The van der Waals surface area contributed by atoms with E-state index in [1.165, 1.54) is 0 Å². The van der Waals surface area contributed by atoms with Crippen LogP contribution in [0.4, 0.5) is 0 Å². The maximum absolute atomic E-state index is 10.9. The van der Waals surface area contributed by atoms with Gasteiger partial charge in [0, 0.05) is 12.5 Å². The fourth-order valence-corrected chi connectivity index (χ4v) is 1.47. The number of nitrogens with one attached hydrogen (secondary N) is 1. The van der Waals surface area contributed by atoms with Crippen LogP contribution in [-0.4, -0.2) is 20.2 Å². The van der Waals surface area contributed by atoms with Gasteiger partial charge in [0.25, 0.3) is 0 Å². The minimum atomic E-state index is -3.09. The highest BCUT2D eigenvalue weighted by molar-refractivity contribution is 7.89. The zero-order valence-electron chi connectivity index (χ0n) is 6.79. The molecule has 0 amide bonds. The Hall–Kier alpha value is -0.530. The third kappa shape index (κ3) is 4.82. The van der Waals surface area contributed by atoms with Crippen LogP contribution in [0.15, 0.2) is 0 Å². The molecule has 64 valence electrons. The predicted molar refractivity (Wildman–Crippen MR) is 45.5 cm³/mol. The van der Waals surface area contributed by atoms with E-state index >= 15 is 0 Å². The molecule has 0 aromatic carbocycles. The number of rotatable bonds is 4. The van der Waals surface area contributed by atoms with Crippen molar-refractivity contribution in [2.75, 3.05) is 5.75 Å². The van der Waals surface area contributed by atoms with Crippen LogP contribution in [0.5, 0.6) is 0 Å². The summed E-state index contributed by atoms with van der Waals surface area (Å²) in [6.07, 6.45) is 5.43. The summed E-state index contributed by atoms with van der Waals surface area (Å²) in [5.74, 6) is 2.49. The molecule has 1 atom stereocenters. The Bertz CT molecular complexity index is 238. The molecule has 3 nitrogen and oxygen atoms in total. The van der Waals surface area contributed by atoms with Crippen molar-refractivity contribution >= 4 is 10.0 Å². The van der Waals surface area contributed by atoms with Crippen molar-refractivity contribution in [1.82, 2.24) is 4.72 Å². The number of terminal acetylenes is 1. The highest BCUT2D eigenvalue weighted by Gasteiger charge is 2.09. The van der Waals surface area contributed by atoms with Gasteiger partial charge in [-0.25, -0.2) is 13.1 Å². The molecule has 0 saturated heterocycles. The van der Waals surface area contributed by atoms with E-state index in [0.717, 1.165) is 0 Å². The van der Waals surface area contributed by atoms with E-state index < -0.39 is 10.0 Å². The van der Waals surface area contributed by atoms with Crippen LogP contribution in [0.1, 0.15) is 20.3 Å². The Balaban J connectivity index is 3.97. The van der Waals surface area contributed by atoms with Crippen LogP contribution in [0, 0.1) is 12.3 Å². The lowest BCUT2D eigenvalue weighted by molar-refractivity contribution is 0.565. The first kappa shape index (κ1) is 10.5. The summed E-state index contributed by atoms with van der Waals surface area (Å²) in [5.41, 5.74) is 0. The largest absolute Gasteiger partial charge is 0.212 e. The van der Waals surface area contributed by atoms with Crippen LogP contribution < -0.4 is 4.72 Å². The summed E-state index contributed by atoms with van der Waals surface area (Å²) in [5, 5.41) is 0. The highest BCUT2D eigenvalue weighted by atomic mass is 32.2. The zero-order valence-corrected chi connectivity index (χ0v) is 7.61. The topological polar surface area (TPSA) is 46.2 Å². The molecule has 0 bridgehead atoms. The molecule has 0 radical (unpaired) electrons. The van der Waals surface area contributed by atoms with Gasteiger partial charge in [-0.2, -0.15) is 0 Å². The molecule has 0 saturated carbocycles. The zero-order chi connectivity index (χ0) is 8.91. The van der Waals surface area contributed by atoms with Crippen LogP contribution in [0.2, 0.25) is 0 Å². The molecule has 0 rings (SSSR count). The van der Waals surface area contributed by atoms with E-state index in [-0.39, 0.29) is 11.8 Å². The molecule has 0 spiro atoms. The second kappa shape index (κ2) is 4.37. The molecule has 11 heavy (non-hydrogen) atoms. The van der Waals surface area contributed by atoms with Crippen molar-refractivity contribution in [3.63, 3.8) is 0 Å². The second-order valence-electron chi connectivity index (χ2n) is 2.33. The Morgan fingerprint density at radius 1 is 1.64 bits per heavy atom. The van der Waals surface area contributed by atoms with Gasteiger partial charge in [0.05, 0.1) is 5.75 Å². The van der Waals surface area contributed by atoms with Crippen molar-refractivity contribution in [3.05, 3.63) is 0 Å². The Morgan fingerprint density at radius 3 is 2.55 bits per heavy atom. The molecule has 0 aromatic heterocycles. The van der Waals surface area contributed by atoms with Crippen molar-refractivity contribution in [2.45, 2.75) is 26.3 Å². The fraction of sp³-hybridized carbons (Fsp3) is 0.714. The van der Waals surface area contributed by atoms with Gasteiger partial charge < -0.3 is 0 Å². The summed E-state index contributed by atoms with van der Waals surface area (Å²) < 4.78 is 24.2. The van der Waals surface area contributed by atoms with E-state index in [1.54, 1.807) is 13.8 Å². The smallest absolute Gasteiger partial charge is 0.211 e. The van der Waals surface area contributed by atoms with E-state index in [9.17, 15) is 8.42 Å². The first-order valence-corrected chi connectivity index (χ1v) is 5.10. The minimum Gasteiger partial charge on any atom is -0.212 e. The van der Waals surface area contributed by atoms with Crippen LogP contribution in [-0.2, 0) is 10.0 Å². The molecular formula is C7H13NO2S. The first-order valence-electron chi connectivity index (χ1n) is 3.45. The third-order valence-corrected chi connectivity index (χ3v) is 2.71. The summed E-state index contributed by atoms with van der Waals surface area (Å²) in [4.78, 5) is 0. The quantitative estimate of drug-likeness (QED) is 0.626. The average Bonchev–Trinajstić information content (AvgIpc) is 1.87. The lowest BCUT2D eigenvalue weighted by atomic mass is 10.3. The van der Waals surface area contributed by atoms with Gasteiger partial charge in [-0.3, -0.25) is 0 Å². The lowest BCUT2D eigenvalue weighted by Crippen LogP contribution is -2.33. The van der Waals surface area contributed by atoms with E-state index in [4.69, 9.17) is 6.42 Å². The third-order valence-electron chi connectivity index (χ3n) is 1.18. The SMILES string of the molecule is C#CCC(C)NS(=O)(=O)CC. The van der Waals surface area contributed by atoms with Gasteiger partial charge in [0.15, 0.2) is 0 Å². The van der Waals surface area contributed by atoms with E-state index in [1.807, 2.05) is 0 Å². The summed E-state index contributed by atoms with van der Waals surface area (Å²) >= 11 is 0. The molecule has 0 aliphatic carbocycles. The Morgan fingerprint density at radius 2 is 2.18 bits per heavy atom. The Labute approximate surface area is 68.2 Å². The molecule has 0 aliphatic rings. The molecular weight excluding hydrogens is 162 g/mol. The van der Waals surface area contributed by atoms with Crippen LogP contribution in [0.25, 0.3) is 0 Å². The number of hydrogen-bond acceptors (Lipinski definition) is 2. The minimum absolute atomic E-state index is 0.0991. The molecule has 1 unspecified atom stereocenters. The highest BCUT2D eigenvalue weighted by Crippen LogP contribution is 1.92. The molecule has 0 heterocycles. The van der Waals surface area contributed by atoms with Gasteiger partial charge in [0.1, 0.15) is 0 Å². The Kier molecular flexibility index (Phi) is 4.16. The lowest BCUT2D eigenvalue weighted by Gasteiger charge is -2.09. The molecule has 0 aliphatic heterocycles. The van der Waals surface area contributed by atoms with Gasteiger partial charge in [0.2, 0.25) is 10.0 Å². The normalized spacial score (nSPS) is 13.9. The van der Waals surface area contributed by atoms with E-state index in [0.29, 0.717) is 6.42 Å². The van der Waals surface area contributed by atoms with Crippen molar-refractivity contribution < 1.29 is 8.42 Å². The monoisotopic (exact) mass is 175 g/mol.